The molecule has 3 unspecified atom stereocenters. The molecular weight excluding hydrogens is 233 g/mol. The van der Waals surface area contributed by atoms with Crippen molar-refractivity contribution in [2.24, 2.45) is 11.8 Å². The van der Waals surface area contributed by atoms with Crippen molar-refractivity contribution in [3.8, 4) is 0 Å². The van der Waals surface area contributed by atoms with Crippen LogP contribution in [0.4, 0.5) is 13.2 Å². The molecule has 3 atom stereocenters. The molecule has 2 fully saturated rings. The van der Waals surface area contributed by atoms with E-state index in [9.17, 15) is 21.6 Å². The monoisotopic (exact) mass is 244 g/mol. The highest BCUT2D eigenvalue weighted by Gasteiger charge is 2.51. The van der Waals surface area contributed by atoms with Crippen LogP contribution in [-0.2, 0) is 14.3 Å². The fourth-order valence-corrected chi connectivity index (χ4v) is 3.19. The highest BCUT2D eigenvalue weighted by atomic mass is 32.2. The van der Waals surface area contributed by atoms with Crippen LogP contribution in [-0.4, -0.2) is 20.0 Å². The second-order valence-corrected chi connectivity index (χ2v) is 5.77. The molecule has 0 aromatic rings. The SMILES string of the molecule is O=S(=O)(OC1CC2CCC1C2)C(F)(F)F. The number of hydrogen-bond donors (Lipinski definition) is 0. The van der Waals surface area contributed by atoms with Crippen molar-refractivity contribution >= 4 is 10.1 Å². The van der Waals surface area contributed by atoms with Crippen LogP contribution in [0.2, 0.25) is 0 Å². The fourth-order valence-electron chi connectivity index (χ4n) is 2.52. The van der Waals surface area contributed by atoms with Crippen LogP contribution >= 0.6 is 0 Å². The first-order valence-corrected chi connectivity index (χ1v) is 6.20. The van der Waals surface area contributed by atoms with Gasteiger partial charge in [0, 0.05) is 0 Å². The van der Waals surface area contributed by atoms with Crippen molar-refractivity contribution in [3.63, 3.8) is 0 Å². The molecule has 7 heteroatoms. The maximum Gasteiger partial charge on any atom is 0.523 e. The molecule has 2 aliphatic rings. The lowest BCUT2D eigenvalue weighted by molar-refractivity contribution is -0.0592. The number of halogens is 3. The average Bonchev–Trinajstić information content (AvgIpc) is 2.61. The van der Waals surface area contributed by atoms with Gasteiger partial charge in [-0.3, -0.25) is 4.18 Å². The highest BCUT2D eigenvalue weighted by molar-refractivity contribution is 7.87. The summed E-state index contributed by atoms with van der Waals surface area (Å²) in [6.07, 6.45) is 2.26. The molecule has 0 saturated heterocycles. The molecule has 0 aromatic carbocycles. The summed E-state index contributed by atoms with van der Waals surface area (Å²) in [6.45, 7) is 0. The van der Waals surface area contributed by atoms with E-state index in [0.29, 0.717) is 12.3 Å². The molecule has 0 spiro atoms. The normalized spacial score (nSPS) is 36.1. The van der Waals surface area contributed by atoms with Gasteiger partial charge in [0.05, 0.1) is 6.10 Å². The predicted molar refractivity (Wildman–Crippen MR) is 45.3 cm³/mol. The Labute approximate surface area is 85.7 Å². The predicted octanol–water partition coefficient (Wildman–Crippen LogP) is 2.04. The quantitative estimate of drug-likeness (QED) is 0.551. The average molecular weight is 244 g/mol. The summed E-state index contributed by atoms with van der Waals surface area (Å²) >= 11 is 0. The van der Waals surface area contributed by atoms with Crippen molar-refractivity contribution in [3.05, 3.63) is 0 Å². The Morgan fingerprint density at radius 3 is 2.20 bits per heavy atom. The summed E-state index contributed by atoms with van der Waals surface area (Å²) in [5, 5.41) is 0. The van der Waals surface area contributed by atoms with Gasteiger partial charge in [-0.2, -0.15) is 21.6 Å². The molecule has 0 heterocycles. The lowest BCUT2D eigenvalue weighted by atomic mass is 9.98. The topological polar surface area (TPSA) is 43.4 Å². The van der Waals surface area contributed by atoms with Crippen LogP contribution < -0.4 is 0 Å². The minimum absolute atomic E-state index is 0.00729. The molecule has 2 bridgehead atoms. The second kappa shape index (κ2) is 3.35. The van der Waals surface area contributed by atoms with Crippen LogP contribution in [0.1, 0.15) is 25.7 Å². The van der Waals surface area contributed by atoms with Gasteiger partial charge in [0.15, 0.2) is 0 Å². The van der Waals surface area contributed by atoms with Gasteiger partial charge in [0.2, 0.25) is 0 Å². The van der Waals surface area contributed by atoms with Gasteiger partial charge in [-0.1, -0.05) is 0 Å². The zero-order chi connectivity index (χ0) is 11.3. The summed E-state index contributed by atoms with van der Waals surface area (Å²) in [6, 6.07) is 0. The summed E-state index contributed by atoms with van der Waals surface area (Å²) in [5.74, 6) is 0.343. The standard InChI is InChI=1S/C8H11F3O3S/c9-8(10,11)15(12,13)14-7-4-5-1-2-6(7)3-5/h5-7H,1-4H2. The lowest BCUT2D eigenvalue weighted by Gasteiger charge is -2.21. The summed E-state index contributed by atoms with van der Waals surface area (Å²) in [5.41, 5.74) is -5.30. The summed E-state index contributed by atoms with van der Waals surface area (Å²) in [4.78, 5) is 0. The molecule has 88 valence electrons. The fraction of sp³-hybridized carbons (Fsp3) is 1.00. The lowest BCUT2D eigenvalue weighted by Crippen LogP contribution is -2.32. The van der Waals surface area contributed by atoms with E-state index < -0.39 is 21.7 Å². The van der Waals surface area contributed by atoms with E-state index in [1.807, 2.05) is 0 Å². The molecule has 3 nitrogen and oxygen atoms in total. The number of rotatable bonds is 2. The minimum Gasteiger partial charge on any atom is -0.260 e. The Kier molecular flexibility index (Phi) is 2.50. The van der Waals surface area contributed by atoms with Gasteiger partial charge >= 0.3 is 15.6 Å². The van der Waals surface area contributed by atoms with E-state index in [0.717, 1.165) is 19.3 Å². The van der Waals surface area contributed by atoms with Crippen LogP contribution in [0.3, 0.4) is 0 Å². The molecule has 0 amide bonds. The number of fused-ring (bicyclic) bond motifs is 2. The van der Waals surface area contributed by atoms with Crippen molar-refractivity contribution in [1.29, 1.82) is 0 Å². The molecule has 0 N–H and O–H groups in total. The Morgan fingerprint density at radius 2 is 1.80 bits per heavy atom. The maximum absolute atomic E-state index is 12.0. The largest absolute Gasteiger partial charge is 0.523 e. The molecule has 2 aliphatic carbocycles. The van der Waals surface area contributed by atoms with Gasteiger partial charge < -0.3 is 0 Å². The van der Waals surface area contributed by atoms with E-state index in [4.69, 9.17) is 0 Å². The van der Waals surface area contributed by atoms with E-state index in [1.54, 1.807) is 0 Å². The van der Waals surface area contributed by atoms with Crippen molar-refractivity contribution in [2.75, 3.05) is 0 Å². The number of hydrogen-bond acceptors (Lipinski definition) is 3. The van der Waals surface area contributed by atoms with E-state index in [1.165, 1.54) is 0 Å². The summed E-state index contributed by atoms with van der Waals surface area (Å²) in [7, 11) is -5.40. The zero-order valence-electron chi connectivity index (χ0n) is 7.83. The summed E-state index contributed by atoms with van der Waals surface area (Å²) < 4.78 is 61.8. The smallest absolute Gasteiger partial charge is 0.260 e. The molecule has 0 aromatic heterocycles. The van der Waals surface area contributed by atoms with Crippen LogP contribution in [0.25, 0.3) is 0 Å². The Morgan fingerprint density at radius 1 is 1.13 bits per heavy atom. The maximum atomic E-state index is 12.0. The van der Waals surface area contributed by atoms with Gasteiger partial charge in [-0.05, 0) is 37.5 Å². The van der Waals surface area contributed by atoms with Crippen LogP contribution in [0, 0.1) is 11.8 Å². The van der Waals surface area contributed by atoms with Gasteiger partial charge in [0.25, 0.3) is 0 Å². The van der Waals surface area contributed by atoms with Gasteiger partial charge in [0.1, 0.15) is 0 Å². The Balaban J connectivity index is 2.04. The third kappa shape index (κ3) is 1.99. The zero-order valence-corrected chi connectivity index (χ0v) is 8.64. The third-order valence-corrected chi connectivity index (χ3v) is 4.27. The Bertz CT molecular complexity index is 349. The minimum atomic E-state index is -5.40. The molecule has 0 radical (unpaired) electrons. The van der Waals surface area contributed by atoms with Crippen molar-refractivity contribution in [1.82, 2.24) is 0 Å². The first-order chi connectivity index (χ1) is 6.79. The van der Waals surface area contributed by atoms with Crippen molar-refractivity contribution < 1.29 is 25.8 Å². The number of alkyl halides is 3. The van der Waals surface area contributed by atoms with E-state index >= 15 is 0 Å². The molecule has 2 rings (SSSR count). The van der Waals surface area contributed by atoms with Gasteiger partial charge in [-0.15, -0.1) is 0 Å². The first kappa shape index (κ1) is 11.2. The van der Waals surface area contributed by atoms with E-state index in [-0.39, 0.29) is 5.92 Å². The molecule has 2 saturated carbocycles. The third-order valence-electron chi connectivity index (χ3n) is 3.21. The Hall–Kier alpha value is -0.300. The molecule has 0 aliphatic heterocycles. The van der Waals surface area contributed by atoms with Crippen LogP contribution in [0.5, 0.6) is 0 Å². The highest BCUT2D eigenvalue weighted by Crippen LogP contribution is 2.47. The van der Waals surface area contributed by atoms with Crippen molar-refractivity contribution in [2.45, 2.75) is 37.3 Å². The van der Waals surface area contributed by atoms with Crippen LogP contribution in [0.15, 0.2) is 0 Å². The second-order valence-electron chi connectivity index (χ2n) is 4.21. The molecule has 15 heavy (non-hydrogen) atoms. The van der Waals surface area contributed by atoms with E-state index in [2.05, 4.69) is 4.18 Å². The van der Waals surface area contributed by atoms with Gasteiger partial charge in [-0.25, -0.2) is 0 Å². The first-order valence-electron chi connectivity index (χ1n) is 4.79. The molecular formula is C8H11F3O3S.